The maximum Gasteiger partial charge on any atom is 0.0666 e. The van der Waals surface area contributed by atoms with Crippen molar-refractivity contribution < 1.29 is 0 Å². The lowest BCUT2D eigenvalue weighted by Gasteiger charge is -2.06. The zero-order chi connectivity index (χ0) is 8.97. The minimum absolute atomic E-state index is 0.928. The second-order valence-electron chi connectivity index (χ2n) is 2.67. The molecule has 0 aromatic heterocycles. The second-order valence-corrected chi connectivity index (χ2v) is 3.72. The van der Waals surface area contributed by atoms with E-state index in [1.807, 2.05) is 12.3 Å². The minimum Gasteiger partial charge on any atom is -0.257 e. The molecule has 0 N–H and O–H groups in total. The van der Waals surface area contributed by atoms with Crippen LogP contribution >= 0.6 is 11.8 Å². The Kier molecular flexibility index (Phi) is 3.35. The normalized spacial score (nSPS) is 18.0. The molecule has 0 spiro atoms. The number of thioether (sulfide) groups is 1. The first-order valence-electron chi connectivity index (χ1n) is 3.87. The van der Waals surface area contributed by atoms with Gasteiger partial charge in [0.05, 0.1) is 5.71 Å². The molecule has 1 aliphatic rings. The Morgan fingerprint density at radius 2 is 2.50 bits per heavy atom. The van der Waals surface area contributed by atoms with Gasteiger partial charge in [-0.3, -0.25) is 4.99 Å². The van der Waals surface area contributed by atoms with E-state index < -0.39 is 0 Å². The molecule has 0 aromatic carbocycles. The number of aliphatic imine (C=N–C) groups is 1. The van der Waals surface area contributed by atoms with Gasteiger partial charge in [0.1, 0.15) is 0 Å². The lowest BCUT2D eigenvalue weighted by atomic mass is 10.1. The predicted molar refractivity (Wildman–Crippen MR) is 57.6 cm³/mol. The van der Waals surface area contributed by atoms with E-state index in [1.165, 1.54) is 4.91 Å². The van der Waals surface area contributed by atoms with Crippen LogP contribution in [-0.2, 0) is 0 Å². The van der Waals surface area contributed by atoms with Crippen molar-refractivity contribution in [1.82, 2.24) is 0 Å². The van der Waals surface area contributed by atoms with E-state index in [1.54, 1.807) is 11.8 Å². The molecule has 0 aromatic rings. The topological polar surface area (TPSA) is 12.4 Å². The summed E-state index contributed by atoms with van der Waals surface area (Å²) in [6.45, 7) is 6.03. The van der Waals surface area contributed by atoms with Gasteiger partial charge in [-0.2, -0.15) is 0 Å². The van der Waals surface area contributed by atoms with Crippen LogP contribution in [0.25, 0.3) is 0 Å². The predicted octanol–water partition coefficient (Wildman–Crippen LogP) is 3.17. The third-order valence-electron chi connectivity index (χ3n) is 1.71. The first-order valence-corrected chi connectivity index (χ1v) is 5.09. The van der Waals surface area contributed by atoms with Crippen molar-refractivity contribution in [2.45, 2.75) is 13.3 Å². The van der Waals surface area contributed by atoms with Gasteiger partial charge < -0.3 is 0 Å². The van der Waals surface area contributed by atoms with Gasteiger partial charge in [-0.25, -0.2) is 0 Å². The average Bonchev–Trinajstić information content (AvgIpc) is 2.09. The maximum atomic E-state index is 4.25. The number of hydrogen-bond donors (Lipinski definition) is 0. The van der Waals surface area contributed by atoms with Crippen LogP contribution in [0.4, 0.5) is 0 Å². The highest BCUT2D eigenvalue weighted by molar-refractivity contribution is 8.02. The molecule has 64 valence electrons. The summed E-state index contributed by atoms with van der Waals surface area (Å²) >= 11 is 1.74. The average molecular weight is 179 g/mol. The van der Waals surface area contributed by atoms with E-state index in [0.717, 1.165) is 17.7 Å². The summed E-state index contributed by atoms with van der Waals surface area (Å²) in [7, 11) is 0. The van der Waals surface area contributed by atoms with Crippen molar-refractivity contribution in [3.63, 3.8) is 0 Å². The molecule has 0 aliphatic carbocycles. The third kappa shape index (κ3) is 2.38. The zero-order valence-corrected chi connectivity index (χ0v) is 8.32. The van der Waals surface area contributed by atoms with Crippen molar-refractivity contribution in [3.05, 3.63) is 35.4 Å². The first kappa shape index (κ1) is 9.33. The van der Waals surface area contributed by atoms with E-state index in [0.29, 0.717) is 0 Å². The Morgan fingerprint density at radius 1 is 1.75 bits per heavy atom. The Labute approximate surface area is 78.0 Å². The number of nitrogens with zero attached hydrogens (tertiary/aromatic N) is 1. The summed E-state index contributed by atoms with van der Waals surface area (Å²) in [5.74, 6) is 0. The van der Waals surface area contributed by atoms with Crippen LogP contribution < -0.4 is 0 Å². The fraction of sp³-hybridized carbons (Fsp3) is 0.300. The monoisotopic (exact) mass is 179 g/mol. The van der Waals surface area contributed by atoms with Crippen LogP contribution in [0.5, 0.6) is 0 Å². The number of hydrogen-bond acceptors (Lipinski definition) is 2. The van der Waals surface area contributed by atoms with Gasteiger partial charge in [-0.1, -0.05) is 12.7 Å². The number of allylic oxidation sites excluding steroid dienone is 4. The van der Waals surface area contributed by atoms with E-state index in [2.05, 4.69) is 30.8 Å². The molecule has 2 heteroatoms. The Balaban J connectivity index is 2.80. The van der Waals surface area contributed by atoms with E-state index >= 15 is 0 Å². The van der Waals surface area contributed by atoms with E-state index in [9.17, 15) is 0 Å². The summed E-state index contributed by atoms with van der Waals surface area (Å²) in [4.78, 5) is 5.51. The SMILES string of the molecule is C=C1CC=CN=C1/C=C(/C)SC. The Bertz CT molecular complexity index is 272. The summed E-state index contributed by atoms with van der Waals surface area (Å²) < 4.78 is 0. The zero-order valence-electron chi connectivity index (χ0n) is 7.50. The highest BCUT2D eigenvalue weighted by Gasteiger charge is 2.02. The van der Waals surface area contributed by atoms with Crippen LogP contribution in [0.3, 0.4) is 0 Å². The minimum atomic E-state index is 0.928. The Morgan fingerprint density at radius 3 is 3.08 bits per heavy atom. The standard InChI is InChI=1S/C10H13NS/c1-8-5-4-6-11-10(8)7-9(2)12-3/h4,6-7H,1,5H2,2-3H3/b9-7-. The molecule has 1 nitrogen and oxygen atoms in total. The first-order chi connectivity index (χ1) is 5.74. The molecule has 0 fully saturated rings. The lowest BCUT2D eigenvalue weighted by Crippen LogP contribution is -2.00. The van der Waals surface area contributed by atoms with E-state index in [-0.39, 0.29) is 0 Å². The van der Waals surface area contributed by atoms with Crippen molar-refractivity contribution >= 4 is 17.5 Å². The molecule has 1 heterocycles. The molecule has 0 atom stereocenters. The van der Waals surface area contributed by atoms with Crippen molar-refractivity contribution in [1.29, 1.82) is 0 Å². The van der Waals surface area contributed by atoms with Gasteiger partial charge in [0, 0.05) is 6.20 Å². The van der Waals surface area contributed by atoms with Gasteiger partial charge >= 0.3 is 0 Å². The molecule has 1 aliphatic heterocycles. The summed E-state index contributed by atoms with van der Waals surface area (Å²) in [5.41, 5.74) is 2.12. The fourth-order valence-electron chi connectivity index (χ4n) is 0.915. The van der Waals surface area contributed by atoms with Gasteiger partial charge in [0.25, 0.3) is 0 Å². The smallest absolute Gasteiger partial charge is 0.0666 e. The maximum absolute atomic E-state index is 4.25. The van der Waals surface area contributed by atoms with Gasteiger partial charge in [0.2, 0.25) is 0 Å². The molecule has 12 heavy (non-hydrogen) atoms. The molecule has 0 saturated carbocycles. The largest absolute Gasteiger partial charge is 0.257 e. The fourth-order valence-corrected chi connectivity index (χ4v) is 1.14. The van der Waals surface area contributed by atoms with E-state index in [4.69, 9.17) is 0 Å². The van der Waals surface area contributed by atoms with Gasteiger partial charge in [-0.15, -0.1) is 11.8 Å². The van der Waals surface area contributed by atoms with Crippen LogP contribution in [0.1, 0.15) is 13.3 Å². The van der Waals surface area contributed by atoms with Crippen LogP contribution in [0.15, 0.2) is 40.4 Å². The lowest BCUT2D eigenvalue weighted by molar-refractivity contribution is 1.26. The van der Waals surface area contributed by atoms with Crippen molar-refractivity contribution in [3.8, 4) is 0 Å². The second kappa shape index (κ2) is 4.31. The van der Waals surface area contributed by atoms with Crippen molar-refractivity contribution in [2.24, 2.45) is 4.99 Å². The highest BCUT2D eigenvalue weighted by Crippen LogP contribution is 2.15. The van der Waals surface area contributed by atoms with Crippen molar-refractivity contribution in [2.75, 3.05) is 6.26 Å². The number of rotatable bonds is 2. The molecule has 1 rings (SSSR count). The summed E-state index contributed by atoms with van der Waals surface area (Å²) in [6, 6.07) is 0. The molecular weight excluding hydrogens is 166 g/mol. The molecule has 0 radical (unpaired) electrons. The van der Waals surface area contributed by atoms with Crippen LogP contribution in [0, 0.1) is 0 Å². The molecule has 0 amide bonds. The molecular formula is C10H13NS. The summed E-state index contributed by atoms with van der Waals surface area (Å²) in [6.07, 6.45) is 8.93. The molecule has 0 unspecified atom stereocenters. The van der Waals surface area contributed by atoms with Crippen LogP contribution in [0.2, 0.25) is 0 Å². The third-order valence-corrected chi connectivity index (χ3v) is 2.47. The quantitative estimate of drug-likeness (QED) is 0.634. The Hall–Kier alpha value is -0.760. The van der Waals surface area contributed by atoms with Crippen LogP contribution in [-0.4, -0.2) is 12.0 Å². The van der Waals surface area contributed by atoms with Gasteiger partial charge in [0.15, 0.2) is 0 Å². The molecule has 0 bridgehead atoms. The summed E-state index contributed by atoms with van der Waals surface area (Å²) in [5, 5.41) is 0. The van der Waals surface area contributed by atoms with Gasteiger partial charge in [-0.05, 0) is 36.2 Å². The highest BCUT2D eigenvalue weighted by atomic mass is 32.2. The molecule has 0 saturated heterocycles.